The summed E-state index contributed by atoms with van der Waals surface area (Å²) in [6.45, 7) is 7.83. The van der Waals surface area contributed by atoms with Gasteiger partial charge in [0, 0.05) is 30.2 Å². The van der Waals surface area contributed by atoms with Crippen LogP contribution in [-0.4, -0.2) is 38.8 Å². The van der Waals surface area contributed by atoms with Crippen LogP contribution in [0.3, 0.4) is 0 Å². The second kappa shape index (κ2) is 7.56. The standard InChI is InChI=1S/C19H22N4O3S/c1-6-26-18(25)15-10(3)14(23(5)11(15)4)8-12-13-9-20-19(27-7-2)22-16(13)21-17(12)24/h8-9H,6-7H2,1-5H3,(H,20,21,22,24). The Balaban J connectivity index is 2.07. The van der Waals surface area contributed by atoms with E-state index in [1.807, 2.05) is 32.4 Å². The van der Waals surface area contributed by atoms with Gasteiger partial charge in [-0.15, -0.1) is 0 Å². The fourth-order valence-corrected chi connectivity index (χ4v) is 3.68. The lowest BCUT2D eigenvalue weighted by atomic mass is 10.1. The van der Waals surface area contributed by atoms with E-state index in [4.69, 9.17) is 4.74 Å². The molecule has 27 heavy (non-hydrogen) atoms. The van der Waals surface area contributed by atoms with Crippen molar-refractivity contribution in [1.29, 1.82) is 0 Å². The number of carbonyl (C=O) groups is 2. The van der Waals surface area contributed by atoms with Crippen LogP contribution in [-0.2, 0) is 16.6 Å². The highest BCUT2D eigenvalue weighted by atomic mass is 32.2. The van der Waals surface area contributed by atoms with Crippen LogP contribution in [0.4, 0.5) is 5.82 Å². The van der Waals surface area contributed by atoms with Crippen molar-refractivity contribution in [2.75, 3.05) is 17.7 Å². The molecule has 0 saturated carbocycles. The molecule has 0 unspecified atom stereocenters. The first-order chi connectivity index (χ1) is 12.9. The van der Waals surface area contributed by atoms with E-state index in [9.17, 15) is 9.59 Å². The predicted molar refractivity (Wildman–Crippen MR) is 106 cm³/mol. The molecule has 1 aliphatic rings. The molecular formula is C19H22N4O3S. The largest absolute Gasteiger partial charge is 0.462 e. The van der Waals surface area contributed by atoms with E-state index in [1.54, 1.807) is 19.2 Å². The Morgan fingerprint density at radius 2 is 2.11 bits per heavy atom. The van der Waals surface area contributed by atoms with Crippen LogP contribution >= 0.6 is 11.8 Å². The van der Waals surface area contributed by atoms with E-state index >= 15 is 0 Å². The average Bonchev–Trinajstić information content (AvgIpc) is 3.04. The summed E-state index contributed by atoms with van der Waals surface area (Å²) in [6, 6.07) is 0. The van der Waals surface area contributed by atoms with Crippen molar-refractivity contribution in [2.45, 2.75) is 32.9 Å². The van der Waals surface area contributed by atoms with E-state index in [0.717, 1.165) is 22.7 Å². The quantitative estimate of drug-likeness (QED) is 0.368. The molecule has 2 aromatic heterocycles. The normalized spacial score (nSPS) is 14.4. The number of aromatic nitrogens is 3. The molecule has 3 heterocycles. The summed E-state index contributed by atoms with van der Waals surface area (Å²) in [4.78, 5) is 33.5. The number of rotatable bonds is 5. The second-order valence-corrected chi connectivity index (χ2v) is 7.34. The summed E-state index contributed by atoms with van der Waals surface area (Å²) in [5, 5.41) is 3.43. The van der Waals surface area contributed by atoms with Crippen LogP contribution < -0.4 is 5.32 Å². The van der Waals surface area contributed by atoms with Gasteiger partial charge in [-0.05, 0) is 38.2 Å². The number of fused-ring (bicyclic) bond motifs is 1. The lowest BCUT2D eigenvalue weighted by Crippen LogP contribution is -2.07. The number of esters is 1. The topological polar surface area (TPSA) is 86.1 Å². The summed E-state index contributed by atoms with van der Waals surface area (Å²) >= 11 is 1.52. The van der Waals surface area contributed by atoms with Gasteiger partial charge >= 0.3 is 5.97 Å². The van der Waals surface area contributed by atoms with E-state index in [0.29, 0.717) is 34.3 Å². The minimum Gasteiger partial charge on any atom is -0.462 e. The predicted octanol–water partition coefficient (Wildman–Crippen LogP) is 3.21. The zero-order chi connectivity index (χ0) is 19.7. The summed E-state index contributed by atoms with van der Waals surface area (Å²) in [6.07, 6.45) is 3.45. The molecule has 2 aromatic rings. The van der Waals surface area contributed by atoms with Gasteiger partial charge in [-0.2, -0.15) is 0 Å². The van der Waals surface area contributed by atoms with Gasteiger partial charge in [-0.1, -0.05) is 18.7 Å². The number of ether oxygens (including phenoxy) is 1. The van der Waals surface area contributed by atoms with Gasteiger partial charge in [0.15, 0.2) is 5.16 Å². The van der Waals surface area contributed by atoms with E-state index < -0.39 is 0 Å². The van der Waals surface area contributed by atoms with Crippen LogP contribution in [0, 0.1) is 13.8 Å². The molecule has 0 fully saturated rings. The van der Waals surface area contributed by atoms with Crippen molar-refractivity contribution in [3.63, 3.8) is 0 Å². The van der Waals surface area contributed by atoms with Crippen molar-refractivity contribution in [2.24, 2.45) is 7.05 Å². The van der Waals surface area contributed by atoms with Crippen molar-refractivity contribution < 1.29 is 14.3 Å². The summed E-state index contributed by atoms with van der Waals surface area (Å²) in [5.74, 6) is 0.794. The molecule has 0 bridgehead atoms. The maximum atomic E-state index is 12.5. The van der Waals surface area contributed by atoms with Crippen molar-refractivity contribution >= 4 is 41.1 Å². The number of hydrogen-bond acceptors (Lipinski definition) is 6. The fraction of sp³-hybridized carbons (Fsp3) is 0.368. The van der Waals surface area contributed by atoms with Crippen LogP contribution in [0.2, 0.25) is 0 Å². The highest BCUT2D eigenvalue weighted by Gasteiger charge is 2.28. The summed E-state index contributed by atoms with van der Waals surface area (Å²) < 4.78 is 7.06. The third-order valence-electron chi connectivity index (χ3n) is 4.55. The number of amides is 1. The SMILES string of the molecule is CCOC(=O)c1c(C)c(C=C2C(=O)Nc3nc(SCC)ncc32)n(C)c1C. The number of thioether (sulfide) groups is 1. The third-order valence-corrected chi connectivity index (χ3v) is 5.30. The molecule has 0 aliphatic carbocycles. The monoisotopic (exact) mass is 386 g/mol. The van der Waals surface area contributed by atoms with Crippen molar-refractivity contribution in [3.8, 4) is 0 Å². The van der Waals surface area contributed by atoms with Crippen LogP contribution in [0.5, 0.6) is 0 Å². The van der Waals surface area contributed by atoms with Gasteiger partial charge in [0.25, 0.3) is 5.91 Å². The molecule has 0 radical (unpaired) electrons. The molecular weight excluding hydrogens is 364 g/mol. The molecule has 0 saturated heterocycles. The summed E-state index contributed by atoms with van der Waals surface area (Å²) in [7, 11) is 1.86. The highest BCUT2D eigenvalue weighted by Crippen LogP contribution is 2.34. The Bertz CT molecular complexity index is 962. The van der Waals surface area contributed by atoms with Gasteiger partial charge in [-0.3, -0.25) is 4.79 Å². The van der Waals surface area contributed by atoms with Gasteiger partial charge < -0.3 is 14.6 Å². The van der Waals surface area contributed by atoms with Crippen molar-refractivity contribution in [1.82, 2.24) is 14.5 Å². The Hall–Kier alpha value is -2.61. The molecule has 8 heteroatoms. The first-order valence-corrected chi connectivity index (χ1v) is 9.73. The maximum absolute atomic E-state index is 12.5. The first kappa shape index (κ1) is 19.2. The number of carbonyl (C=O) groups excluding carboxylic acids is 2. The first-order valence-electron chi connectivity index (χ1n) is 8.75. The Morgan fingerprint density at radius 3 is 2.78 bits per heavy atom. The number of nitrogens with one attached hydrogen (secondary N) is 1. The molecule has 1 aliphatic heterocycles. The summed E-state index contributed by atoms with van der Waals surface area (Å²) in [5.41, 5.74) is 4.04. The van der Waals surface area contributed by atoms with E-state index in [1.165, 1.54) is 11.8 Å². The number of anilines is 1. The molecule has 0 spiro atoms. The third kappa shape index (κ3) is 3.37. The lowest BCUT2D eigenvalue weighted by Gasteiger charge is -2.03. The Kier molecular flexibility index (Phi) is 5.36. The zero-order valence-corrected chi connectivity index (χ0v) is 16.9. The number of hydrogen-bond donors (Lipinski definition) is 1. The zero-order valence-electron chi connectivity index (χ0n) is 16.0. The lowest BCUT2D eigenvalue weighted by molar-refractivity contribution is -0.110. The van der Waals surface area contributed by atoms with Gasteiger partial charge in [0.05, 0.1) is 17.7 Å². The van der Waals surface area contributed by atoms with Gasteiger partial charge in [-0.25, -0.2) is 14.8 Å². The molecule has 142 valence electrons. The number of nitrogens with zero attached hydrogens (tertiary/aromatic N) is 3. The smallest absolute Gasteiger partial charge is 0.340 e. The van der Waals surface area contributed by atoms with E-state index in [-0.39, 0.29) is 11.9 Å². The van der Waals surface area contributed by atoms with Gasteiger partial charge in [0.1, 0.15) is 5.82 Å². The molecule has 7 nitrogen and oxygen atoms in total. The maximum Gasteiger partial charge on any atom is 0.340 e. The van der Waals surface area contributed by atoms with Crippen LogP contribution in [0.15, 0.2) is 11.4 Å². The molecule has 1 amide bonds. The minimum absolute atomic E-state index is 0.228. The molecule has 1 N–H and O–H groups in total. The van der Waals surface area contributed by atoms with Crippen LogP contribution in [0.25, 0.3) is 11.6 Å². The average molecular weight is 386 g/mol. The molecule has 0 atom stereocenters. The fourth-order valence-electron chi connectivity index (χ4n) is 3.14. The van der Waals surface area contributed by atoms with Crippen molar-refractivity contribution in [3.05, 3.63) is 34.3 Å². The Morgan fingerprint density at radius 1 is 1.37 bits per heavy atom. The second-order valence-electron chi connectivity index (χ2n) is 6.11. The minimum atomic E-state index is -0.353. The van der Waals surface area contributed by atoms with E-state index in [2.05, 4.69) is 15.3 Å². The molecule has 0 aromatic carbocycles. The van der Waals surface area contributed by atoms with Gasteiger partial charge in [0.2, 0.25) is 0 Å². The van der Waals surface area contributed by atoms with Crippen LogP contribution in [0.1, 0.15) is 46.7 Å². The Labute approximate surface area is 162 Å². The molecule has 3 rings (SSSR count). The highest BCUT2D eigenvalue weighted by molar-refractivity contribution is 7.99.